The highest BCUT2D eigenvalue weighted by Crippen LogP contribution is 2.14. The molecule has 1 atom stereocenters. The van der Waals surface area contributed by atoms with E-state index in [2.05, 4.69) is 4.72 Å². The van der Waals surface area contributed by atoms with Gasteiger partial charge >= 0.3 is 0 Å². The molecule has 1 fully saturated rings. The molecule has 1 saturated heterocycles. The quantitative estimate of drug-likeness (QED) is 0.749. The number of hydrogen-bond acceptors (Lipinski definition) is 4. The molecule has 0 amide bonds. The second kappa shape index (κ2) is 4.40. The van der Waals surface area contributed by atoms with Crippen LogP contribution in [0.4, 0.5) is 5.69 Å². The van der Waals surface area contributed by atoms with E-state index in [1.54, 1.807) is 12.1 Å². The second-order valence-corrected chi connectivity index (χ2v) is 5.47. The molecule has 1 heterocycles. The second-order valence-electron chi connectivity index (χ2n) is 3.75. The summed E-state index contributed by atoms with van der Waals surface area (Å²) in [5, 5.41) is 0. The van der Waals surface area contributed by atoms with Gasteiger partial charge in [0.25, 0.3) is 0 Å². The third-order valence-electron chi connectivity index (χ3n) is 2.42. The Morgan fingerprint density at radius 2 is 2.25 bits per heavy atom. The number of rotatable bonds is 3. The Morgan fingerprint density at radius 3 is 2.88 bits per heavy atom. The first-order valence-electron chi connectivity index (χ1n) is 5.03. The fourth-order valence-electron chi connectivity index (χ4n) is 1.60. The number of anilines is 1. The topological polar surface area (TPSA) is 81.4 Å². The minimum absolute atomic E-state index is 0.133. The standard InChI is InChI=1S/C10H14N2O3S/c11-8-2-1-3-10(6-8)16(13,14)12-9-4-5-15-7-9/h1-3,6,9,12H,4-5,7,11H2. The van der Waals surface area contributed by atoms with Crippen LogP contribution in [-0.2, 0) is 14.8 Å². The molecule has 1 aromatic carbocycles. The maximum atomic E-state index is 11.9. The fraction of sp³-hybridized carbons (Fsp3) is 0.400. The Hall–Kier alpha value is -1.11. The molecule has 3 N–H and O–H groups in total. The van der Waals surface area contributed by atoms with E-state index in [9.17, 15) is 8.42 Å². The van der Waals surface area contributed by atoms with Crippen LogP contribution in [0.15, 0.2) is 29.2 Å². The van der Waals surface area contributed by atoms with Crippen molar-refractivity contribution in [2.45, 2.75) is 17.4 Å². The van der Waals surface area contributed by atoms with Gasteiger partial charge in [-0.05, 0) is 24.6 Å². The molecule has 6 heteroatoms. The zero-order valence-electron chi connectivity index (χ0n) is 8.72. The maximum Gasteiger partial charge on any atom is 0.240 e. The summed E-state index contributed by atoms with van der Waals surface area (Å²) in [6, 6.07) is 6.10. The van der Waals surface area contributed by atoms with E-state index in [1.165, 1.54) is 12.1 Å². The summed E-state index contributed by atoms with van der Waals surface area (Å²) in [6.07, 6.45) is 0.710. The average Bonchev–Trinajstić information content (AvgIpc) is 2.70. The van der Waals surface area contributed by atoms with Gasteiger partial charge in [-0.1, -0.05) is 6.07 Å². The minimum Gasteiger partial charge on any atom is -0.399 e. The SMILES string of the molecule is Nc1cccc(S(=O)(=O)NC2CCOC2)c1. The minimum atomic E-state index is -3.48. The first-order valence-corrected chi connectivity index (χ1v) is 6.52. The van der Waals surface area contributed by atoms with Crippen molar-refractivity contribution in [1.82, 2.24) is 4.72 Å². The predicted molar refractivity (Wildman–Crippen MR) is 60.4 cm³/mol. The molecule has 1 aliphatic heterocycles. The van der Waals surface area contributed by atoms with Crippen LogP contribution in [0.1, 0.15) is 6.42 Å². The van der Waals surface area contributed by atoms with Crippen LogP contribution < -0.4 is 10.5 Å². The van der Waals surface area contributed by atoms with Gasteiger partial charge in [-0.2, -0.15) is 0 Å². The van der Waals surface area contributed by atoms with Crippen LogP contribution in [0.25, 0.3) is 0 Å². The summed E-state index contributed by atoms with van der Waals surface area (Å²) < 4.78 is 31.5. The van der Waals surface area contributed by atoms with Crippen LogP contribution in [0.5, 0.6) is 0 Å². The van der Waals surface area contributed by atoms with E-state index in [0.717, 1.165) is 0 Å². The van der Waals surface area contributed by atoms with E-state index in [-0.39, 0.29) is 10.9 Å². The number of nitrogen functional groups attached to an aromatic ring is 1. The monoisotopic (exact) mass is 242 g/mol. The molecule has 0 bridgehead atoms. The first kappa shape index (κ1) is 11.4. The Morgan fingerprint density at radius 1 is 1.44 bits per heavy atom. The van der Waals surface area contributed by atoms with Crippen LogP contribution in [-0.4, -0.2) is 27.7 Å². The van der Waals surface area contributed by atoms with E-state index in [1.807, 2.05) is 0 Å². The van der Waals surface area contributed by atoms with Crippen molar-refractivity contribution >= 4 is 15.7 Å². The molecule has 1 aliphatic rings. The van der Waals surface area contributed by atoms with Gasteiger partial charge in [-0.25, -0.2) is 13.1 Å². The number of nitrogens with one attached hydrogen (secondary N) is 1. The predicted octanol–water partition coefficient (Wildman–Crippen LogP) is 0.336. The van der Waals surface area contributed by atoms with Crippen LogP contribution >= 0.6 is 0 Å². The zero-order chi connectivity index (χ0) is 11.6. The number of benzene rings is 1. The third kappa shape index (κ3) is 2.52. The Balaban J connectivity index is 2.18. The molecule has 0 aromatic heterocycles. The smallest absolute Gasteiger partial charge is 0.240 e. The van der Waals surface area contributed by atoms with Gasteiger partial charge < -0.3 is 10.5 Å². The zero-order valence-corrected chi connectivity index (χ0v) is 9.53. The van der Waals surface area contributed by atoms with Gasteiger partial charge in [0.05, 0.1) is 11.5 Å². The molecule has 16 heavy (non-hydrogen) atoms. The summed E-state index contributed by atoms with van der Waals surface area (Å²) >= 11 is 0. The summed E-state index contributed by atoms with van der Waals surface area (Å²) in [5.74, 6) is 0. The van der Waals surface area contributed by atoms with Crippen molar-refractivity contribution in [3.63, 3.8) is 0 Å². The molecule has 2 rings (SSSR count). The van der Waals surface area contributed by atoms with Gasteiger partial charge in [-0.15, -0.1) is 0 Å². The molecule has 0 saturated carbocycles. The van der Waals surface area contributed by atoms with E-state index < -0.39 is 10.0 Å². The van der Waals surface area contributed by atoms with Gasteiger partial charge in [-0.3, -0.25) is 0 Å². The van der Waals surface area contributed by atoms with Crippen molar-refractivity contribution < 1.29 is 13.2 Å². The first-order chi connectivity index (χ1) is 7.58. The number of hydrogen-bond donors (Lipinski definition) is 2. The van der Waals surface area contributed by atoms with E-state index in [0.29, 0.717) is 25.3 Å². The number of ether oxygens (including phenoxy) is 1. The summed E-state index contributed by atoms with van der Waals surface area (Å²) in [7, 11) is -3.48. The molecule has 0 aliphatic carbocycles. The van der Waals surface area contributed by atoms with Crippen molar-refractivity contribution in [2.75, 3.05) is 18.9 Å². The molecule has 88 valence electrons. The Bertz CT molecular complexity index is 467. The molecule has 5 nitrogen and oxygen atoms in total. The molecule has 0 spiro atoms. The van der Waals surface area contributed by atoms with Gasteiger partial charge in [0.1, 0.15) is 0 Å². The highest BCUT2D eigenvalue weighted by atomic mass is 32.2. The molecular weight excluding hydrogens is 228 g/mol. The Labute approximate surface area is 94.6 Å². The lowest BCUT2D eigenvalue weighted by atomic mass is 10.3. The van der Waals surface area contributed by atoms with Crippen molar-refractivity contribution in [3.8, 4) is 0 Å². The van der Waals surface area contributed by atoms with E-state index >= 15 is 0 Å². The summed E-state index contributed by atoms with van der Waals surface area (Å²) in [6.45, 7) is 1.03. The average molecular weight is 242 g/mol. The van der Waals surface area contributed by atoms with Gasteiger partial charge in [0.2, 0.25) is 10.0 Å². The largest absolute Gasteiger partial charge is 0.399 e. The van der Waals surface area contributed by atoms with Crippen molar-refractivity contribution in [3.05, 3.63) is 24.3 Å². The molecule has 0 radical (unpaired) electrons. The van der Waals surface area contributed by atoms with Crippen molar-refractivity contribution in [2.24, 2.45) is 0 Å². The molecular formula is C10H14N2O3S. The summed E-state index contributed by atoms with van der Waals surface area (Å²) in [5.41, 5.74) is 5.98. The molecule has 1 aromatic rings. The highest BCUT2D eigenvalue weighted by Gasteiger charge is 2.23. The lowest BCUT2D eigenvalue weighted by Gasteiger charge is -2.11. The normalized spacial score (nSPS) is 21.1. The Kier molecular flexibility index (Phi) is 3.13. The fourth-order valence-corrected chi connectivity index (χ4v) is 2.91. The lowest BCUT2D eigenvalue weighted by molar-refractivity contribution is 0.192. The lowest BCUT2D eigenvalue weighted by Crippen LogP contribution is -2.35. The van der Waals surface area contributed by atoms with Gasteiger partial charge in [0.15, 0.2) is 0 Å². The third-order valence-corrected chi connectivity index (χ3v) is 3.94. The van der Waals surface area contributed by atoms with Crippen LogP contribution in [0.2, 0.25) is 0 Å². The van der Waals surface area contributed by atoms with E-state index in [4.69, 9.17) is 10.5 Å². The van der Waals surface area contributed by atoms with Crippen molar-refractivity contribution in [1.29, 1.82) is 0 Å². The van der Waals surface area contributed by atoms with Gasteiger partial charge in [0, 0.05) is 18.3 Å². The highest BCUT2D eigenvalue weighted by molar-refractivity contribution is 7.89. The number of nitrogens with two attached hydrogens (primary N) is 1. The van der Waals surface area contributed by atoms with Crippen LogP contribution in [0.3, 0.4) is 0 Å². The van der Waals surface area contributed by atoms with Crippen LogP contribution in [0, 0.1) is 0 Å². The molecule has 1 unspecified atom stereocenters. The number of sulfonamides is 1. The maximum absolute atomic E-state index is 11.9. The summed E-state index contributed by atoms with van der Waals surface area (Å²) in [4.78, 5) is 0.194.